The van der Waals surface area contributed by atoms with Crippen molar-refractivity contribution in [2.24, 2.45) is 11.7 Å². The van der Waals surface area contributed by atoms with Crippen molar-refractivity contribution in [2.45, 2.75) is 40.7 Å². The number of likely N-dealkylation sites (N-methyl/N-ethyl adjacent to an activating group) is 1. The van der Waals surface area contributed by atoms with Crippen LogP contribution in [-0.2, 0) is 11.3 Å². The van der Waals surface area contributed by atoms with Crippen molar-refractivity contribution in [3.05, 3.63) is 71.7 Å². The maximum absolute atomic E-state index is 12.3. The number of halogens is 2. The molecule has 192 valence electrons. The van der Waals surface area contributed by atoms with Crippen LogP contribution >= 0.6 is 35.8 Å². The molecule has 0 aliphatic carbocycles. The lowest BCUT2D eigenvalue weighted by Crippen LogP contribution is -2.34. The first-order chi connectivity index (χ1) is 16.5. The number of allylic oxidation sites excluding steroid dienone is 2. The Balaban J connectivity index is 0.00000298. The number of benzene rings is 1. The average Bonchev–Trinajstić information content (AvgIpc) is 2.83. The van der Waals surface area contributed by atoms with Crippen LogP contribution in [0.3, 0.4) is 0 Å². The van der Waals surface area contributed by atoms with Gasteiger partial charge in [-0.1, -0.05) is 44.0 Å². The lowest BCUT2D eigenvalue weighted by atomic mass is 10.0. The summed E-state index contributed by atoms with van der Waals surface area (Å²) >= 11 is 16.4. The van der Waals surface area contributed by atoms with Crippen LogP contribution < -0.4 is 27.0 Å². The number of nitrogens with two attached hydrogens (primary N) is 1. The zero-order valence-corrected chi connectivity index (χ0v) is 22.9. The molecule has 1 aromatic heterocycles. The van der Waals surface area contributed by atoms with E-state index >= 15 is 0 Å². The van der Waals surface area contributed by atoms with E-state index in [0.29, 0.717) is 17.8 Å². The average molecular weight is 545 g/mol. The van der Waals surface area contributed by atoms with Gasteiger partial charge in [-0.05, 0) is 49.3 Å². The Morgan fingerprint density at radius 3 is 2.31 bits per heavy atom. The van der Waals surface area contributed by atoms with E-state index in [9.17, 15) is 14.4 Å². The molecule has 12 heteroatoms. The van der Waals surface area contributed by atoms with E-state index in [2.05, 4.69) is 28.0 Å². The highest BCUT2D eigenvalue weighted by Gasteiger charge is 2.18. The quantitative estimate of drug-likeness (QED) is 0.174. The number of nitrogens with one attached hydrogen (secondary N) is 2. The summed E-state index contributed by atoms with van der Waals surface area (Å²) < 4.78 is 7.01. The molecule has 4 N–H and O–H groups in total. The van der Waals surface area contributed by atoms with Crippen LogP contribution in [0.15, 0.2) is 44.7 Å². The van der Waals surface area contributed by atoms with E-state index in [0.717, 1.165) is 10.3 Å². The highest BCUT2D eigenvalue weighted by Crippen LogP contribution is 2.37. The molecule has 0 saturated heterocycles. The van der Waals surface area contributed by atoms with Gasteiger partial charge >= 0.3 is 5.69 Å². The molecule has 0 bridgehead atoms. The van der Waals surface area contributed by atoms with Gasteiger partial charge in [0.05, 0.1) is 15.7 Å². The first kappa shape index (κ1) is 30.5. The van der Waals surface area contributed by atoms with Gasteiger partial charge in [-0.25, -0.2) is 4.79 Å². The Morgan fingerprint density at radius 2 is 1.86 bits per heavy atom. The number of thiol groups is 1. The Hall–Kier alpha value is -2.53. The molecule has 0 radical (unpaired) electrons. The number of nitrogens with zero attached hydrogens (tertiary/aromatic N) is 2. The predicted molar refractivity (Wildman–Crippen MR) is 144 cm³/mol. The SMILES string of the molecule is CC/C(C)=C(/C=C(\C(=O)NC)C(C)C)Oc1c(Cl)cc(-n2nc(CN)c(=O)[nH]c2=O)cc1Cl.CS. The third-order valence-corrected chi connectivity index (χ3v) is 5.44. The van der Waals surface area contributed by atoms with Crippen molar-refractivity contribution < 1.29 is 9.53 Å². The van der Waals surface area contributed by atoms with Gasteiger partial charge in [-0.2, -0.15) is 22.4 Å². The third kappa shape index (κ3) is 7.73. The summed E-state index contributed by atoms with van der Waals surface area (Å²) in [5.41, 5.74) is 5.68. The molecule has 0 saturated carbocycles. The molecule has 0 atom stereocenters. The minimum atomic E-state index is -0.768. The van der Waals surface area contributed by atoms with Crippen molar-refractivity contribution in [1.29, 1.82) is 0 Å². The van der Waals surface area contributed by atoms with E-state index in [-0.39, 0.29) is 45.5 Å². The standard InChI is InChI=1S/C22H27Cl2N5O4.CH4S/c1-6-12(4)18(9-14(11(2)3)20(30)26-5)33-19-15(23)7-13(8-16(19)24)29-22(32)27-21(31)17(10-25)28-29;1-2/h7-9,11H,6,10,25H2,1-5H3,(H,26,30)(H,27,31,32);2H,1H3/b14-9-,18-12-;. The normalized spacial score (nSPS) is 12.0. The number of amides is 1. The molecular weight excluding hydrogens is 513 g/mol. The molecule has 1 heterocycles. The van der Waals surface area contributed by atoms with Gasteiger partial charge in [-0.15, -0.1) is 0 Å². The van der Waals surface area contributed by atoms with E-state index in [1.54, 1.807) is 19.4 Å². The first-order valence-electron chi connectivity index (χ1n) is 10.7. The molecule has 9 nitrogen and oxygen atoms in total. The lowest BCUT2D eigenvalue weighted by Gasteiger charge is -2.17. The number of aromatic nitrogens is 3. The summed E-state index contributed by atoms with van der Waals surface area (Å²) in [7, 11) is 1.56. The molecule has 2 rings (SSSR count). The Kier molecular flexibility index (Phi) is 12.3. The van der Waals surface area contributed by atoms with Gasteiger partial charge in [0.1, 0.15) is 11.5 Å². The molecule has 0 fully saturated rings. The molecule has 0 unspecified atom stereocenters. The summed E-state index contributed by atoms with van der Waals surface area (Å²) in [6.07, 6.45) is 4.03. The smallest absolute Gasteiger partial charge is 0.349 e. The minimum absolute atomic E-state index is 0.0217. The van der Waals surface area contributed by atoms with Crippen LogP contribution in [0, 0.1) is 5.92 Å². The highest BCUT2D eigenvalue weighted by atomic mass is 35.5. The number of carbonyl (C=O) groups excluding carboxylic acids is 1. The van der Waals surface area contributed by atoms with Gasteiger partial charge in [-0.3, -0.25) is 14.6 Å². The maximum atomic E-state index is 12.3. The van der Waals surface area contributed by atoms with Crippen molar-refractivity contribution in [1.82, 2.24) is 20.1 Å². The molecule has 35 heavy (non-hydrogen) atoms. The Morgan fingerprint density at radius 1 is 1.29 bits per heavy atom. The van der Waals surface area contributed by atoms with Crippen molar-refractivity contribution in [2.75, 3.05) is 13.3 Å². The number of rotatable bonds is 8. The van der Waals surface area contributed by atoms with Crippen LogP contribution in [0.5, 0.6) is 5.75 Å². The number of H-pyrrole nitrogens is 1. The van der Waals surface area contributed by atoms with Gasteiger partial charge in [0, 0.05) is 19.2 Å². The van der Waals surface area contributed by atoms with E-state index in [1.807, 2.05) is 27.7 Å². The largest absolute Gasteiger partial charge is 0.454 e. The van der Waals surface area contributed by atoms with Crippen LogP contribution in [0.2, 0.25) is 10.0 Å². The van der Waals surface area contributed by atoms with E-state index in [4.69, 9.17) is 33.7 Å². The fourth-order valence-electron chi connectivity index (χ4n) is 2.81. The first-order valence-corrected chi connectivity index (χ1v) is 12.4. The fraction of sp³-hybridized carbons (Fsp3) is 0.391. The van der Waals surface area contributed by atoms with Crippen LogP contribution in [0.4, 0.5) is 0 Å². The van der Waals surface area contributed by atoms with Gasteiger partial charge in [0.2, 0.25) is 5.91 Å². The van der Waals surface area contributed by atoms with Gasteiger partial charge in [0.25, 0.3) is 5.56 Å². The lowest BCUT2D eigenvalue weighted by molar-refractivity contribution is -0.117. The molecule has 2 aromatic rings. The fourth-order valence-corrected chi connectivity index (χ4v) is 3.37. The number of ether oxygens (including phenoxy) is 1. The molecule has 1 amide bonds. The molecule has 0 spiro atoms. The van der Waals surface area contributed by atoms with Gasteiger partial charge < -0.3 is 15.8 Å². The van der Waals surface area contributed by atoms with Crippen molar-refractivity contribution in [3.63, 3.8) is 0 Å². The number of hydrogen-bond acceptors (Lipinski definition) is 7. The minimum Gasteiger partial charge on any atom is -0.454 e. The zero-order chi connectivity index (χ0) is 26.9. The topological polar surface area (TPSA) is 132 Å². The zero-order valence-electron chi connectivity index (χ0n) is 20.5. The Labute approximate surface area is 219 Å². The second-order valence-electron chi connectivity index (χ2n) is 7.49. The number of hydrogen-bond donors (Lipinski definition) is 4. The number of aromatic amines is 1. The summed E-state index contributed by atoms with van der Waals surface area (Å²) in [5.74, 6) is 0.307. The molecular formula is C23H31Cl2N5O4S. The molecule has 0 aliphatic rings. The molecule has 1 aromatic carbocycles. The van der Waals surface area contributed by atoms with Crippen LogP contribution in [-0.4, -0.2) is 34.0 Å². The maximum Gasteiger partial charge on any atom is 0.349 e. The predicted octanol–water partition coefficient (Wildman–Crippen LogP) is 3.62. The van der Waals surface area contributed by atoms with E-state index < -0.39 is 11.2 Å². The second-order valence-corrected chi connectivity index (χ2v) is 8.31. The third-order valence-electron chi connectivity index (χ3n) is 4.88. The van der Waals surface area contributed by atoms with Crippen LogP contribution in [0.25, 0.3) is 5.69 Å². The summed E-state index contributed by atoms with van der Waals surface area (Å²) in [6, 6.07) is 2.86. The highest BCUT2D eigenvalue weighted by molar-refractivity contribution is 7.79. The summed E-state index contributed by atoms with van der Waals surface area (Å²) in [5, 5.41) is 6.81. The summed E-state index contributed by atoms with van der Waals surface area (Å²) in [6.45, 7) is 7.48. The molecule has 0 aliphatic heterocycles. The second kappa shape index (κ2) is 14.1. The van der Waals surface area contributed by atoms with Crippen molar-refractivity contribution in [3.8, 4) is 11.4 Å². The van der Waals surface area contributed by atoms with Crippen LogP contribution in [0.1, 0.15) is 39.8 Å². The monoisotopic (exact) mass is 543 g/mol. The Bertz CT molecular complexity index is 1210. The van der Waals surface area contributed by atoms with Crippen molar-refractivity contribution >= 4 is 41.7 Å². The van der Waals surface area contributed by atoms with E-state index in [1.165, 1.54) is 12.1 Å². The summed E-state index contributed by atoms with van der Waals surface area (Å²) in [4.78, 5) is 38.4. The number of carbonyl (C=O) groups is 1. The van der Waals surface area contributed by atoms with Gasteiger partial charge in [0.15, 0.2) is 5.75 Å².